The third-order valence-electron chi connectivity index (χ3n) is 3.46. The van der Waals surface area contributed by atoms with Crippen molar-refractivity contribution in [3.05, 3.63) is 62.0 Å². The third-order valence-corrected chi connectivity index (χ3v) is 4.92. The minimum absolute atomic E-state index is 0.00193. The van der Waals surface area contributed by atoms with Gasteiger partial charge in [-0.2, -0.15) is 0 Å². The molecular weight excluding hydrogens is 374 g/mol. The predicted octanol–water partition coefficient (Wildman–Crippen LogP) is 4.01. The van der Waals surface area contributed by atoms with E-state index in [1.807, 2.05) is 0 Å². The molecule has 0 spiro atoms. The van der Waals surface area contributed by atoms with Gasteiger partial charge in [0.25, 0.3) is 5.56 Å². The summed E-state index contributed by atoms with van der Waals surface area (Å²) < 4.78 is 26.2. The van der Waals surface area contributed by atoms with Crippen LogP contribution in [0.15, 0.2) is 23.0 Å². The maximum absolute atomic E-state index is 13.3. The largest absolute Gasteiger partial charge is 0.477 e. The molecule has 2 N–H and O–H groups in total. The molecule has 3 aromatic rings. The van der Waals surface area contributed by atoms with Gasteiger partial charge >= 0.3 is 5.97 Å². The molecule has 0 atom stereocenters. The average molecular weight is 383 g/mol. The molecule has 0 amide bonds. The van der Waals surface area contributed by atoms with Gasteiger partial charge < -0.3 is 10.1 Å². The number of carboxylic acids is 1. The number of hydrogen-bond donors (Lipinski definition) is 2. The fourth-order valence-corrected chi connectivity index (χ4v) is 3.51. The molecule has 2 heterocycles. The van der Waals surface area contributed by atoms with Gasteiger partial charge in [-0.05, 0) is 36.3 Å². The Morgan fingerprint density at radius 1 is 1.36 bits per heavy atom. The molecule has 0 aliphatic rings. The fraction of sp³-hybridized carbons (Fsp3) is 0.0625. The minimum Gasteiger partial charge on any atom is -0.477 e. The highest BCUT2D eigenvalue weighted by Gasteiger charge is 2.19. The van der Waals surface area contributed by atoms with Gasteiger partial charge in [0.2, 0.25) is 0 Å². The predicted molar refractivity (Wildman–Crippen MR) is 92.0 cm³/mol. The molecular formula is C16H9ClF2N2O3S. The van der Waals surface area contributed by atoms with E-state index >= 15 is 0 Å². The highest BCUT2D eigenvalue weighted by Crippen LogP contribution is 2.28. The van der Waals surface area contributed by atoms with E-state index in [2.05, 4.69) is 9.97 Å². The lowest BCUT2D eigenvalue weighted by atomic mass is 10.2. The molecule has 9 heteroatoms. The first-order valence-corrected chi connectivity index (χ1v) is 8.06. The molecule has 0 bridgehead atoms. The summed E-state index contributed by atoms with van der Waals surface area (Å²) >= 11 is 6.98. The number of H-pyrrole nitrogens is 1. The summed E-state index contributed by atoms with van der Waals surface area (Å²) in [6, 6.07) is 3.22. The monoisotopic (exact) mass is 382 g/mol. The summed E-state index contributed by atoms with van der Waals surface area (Å²) in [5, 5.41) is 9.32. The molecule has 25 heavy (non-hydrogen) atoms. The summed E-state index contributed by atoms with van der Waals surface area (Å²) in [5.74, 6) is -3.17. The minimum atomic E-state index is -1.15. The van der Waals surface area contributed by atoms with Crippen LogP contribution in [-0.2, 0) is 0 Å². The zero-order chi connectivity index (χ0) is 18.3. The summed E-state index contributed by atoms with van der Waals surface area (Å²) in [6.07, 6.45) is 1.31. The van der Waals surface area contributed by atoms with Crippen molar-refractivity contribution in [2.75, 3.05) is 0 Å². The molecule has 0 saturated heterocycles. The number of rotatable bonds is 3. The first-order valence-electron chi connectivity index (χ1n) is 6.87. The maximum Gasteiger partial charge on any atom is 0.346 e. The van der Waals surface area contributed by atoms with Crippen molar-refractivity contribution in [2.24, 2.45) is 0 Å². The zero-order valence-electron chi connectivity index (χ0n) is 12.6. The summed E-state index contributed by atoms with van der Waals surface area (Å²) in [6.45, 7) is 1.53. The van der Waals surface area contributed by atoms with E-state index in [-0.39, 0.29) is 31.5 Å². The van der Waals surface area contributed by atoms with Crippen LogP contribution in [0, 0.1) is 18.6 Å². The van der Waals surface area contributed by atoms with Crippen LogP contribution >= 0.6 is 22.9 Å². The van der Waals surface area contributed by atoms with Crippen LogP contribution in [0.2, 0.25) is 0 Å². The molecule has 2 aromatic heterocycles. The molecule has 0 aliphatic heterocycles. The molecule has 0 unspecified atom stereocenters. The SMILES string of the molecule is Cc1c(C(=O)O)sc2nc(/C(Cl)=C/c3ccc(F)c(F)c3)[nH]c(=O)c12. The fourth-order valence-electron chi connectivity index (χ4n) is 2.28. The standard InChI is InChI=1S/C16H9ClF2N2O3S/c1-6-11-14(22)20-13(21-15(11)25-12(6)16(23)24)8(17)4-7-2-3-9(18)10(19)5-7/h2-5H,1H3,(H,23,24)(H,20,21,22)/b8-4-. The Kier molecular flexibility index (Phi) is 4.40. The number of aromatic nitrogens is 2. The first-order chi connectivity index (χ1) is 11.8. The van der Waals surface area contributed by atoms with Crippen molar-refractivity contribution in [3.63, 3.8) is 0 Å². The average Bonchev–Trinajstić information content (AvgIpc) is 2.88. The van der Waals surface area contributed by atoms with E-state index < -0.39 is 23.2 Å². The zero-order valence-corrected chi connectivity index (χ0v) is 14.1. The van der Waals surface area contributed by atoms with Gasteiger partial charge in [-0.25, -0.2) is 18.6 Å². The van der Waals surface area contributed by atoms with Gasteiger partial charge in [0.05, 0.1) is 10.4 Å². The van der Waals surface area contributed by atoms with E-state index in [0.29, 0.717) is 5.56 Å². The van der Waals surface area contributed by atoms with Crippen LogP contribution in [-0.4, -0.2) is 21.0 Å². The lowest BCUT2D eigenvalue weighted by molar-refractivity contribution is 0.0701. The number of carboxylic acid groups (broad SMARTS) is 1. The normalized spacial score (nSPS) is 11.9. The highest BCUT2D eigenvalue weighted by molar-refractivity contribution is 7.20. The Balaban J connectivity index is 2.12. The number of aryl methyl sites for hydroxylation is 1. The van der Waals surface area contributed by atoms with Gasteiger partial charge in [-0.15, -0.1) is 11.3 Å². The molecule has 0 fully saturated rings. The number of halogens is 3. The van der Waals surface area contributed by atoms with E-state index in [1.54, 1.807) is 0 Å². The number of nitrogens with one attached hydrogen (secondary N) is 1. The first kappa shape index (κ1) is 17.2. The summed E-state index contributed by atoms with van der Waals surface area (Å²) in [7, 11) is 0. The van der Waals surface area contributed by atoms with Crippen molar-refractivity contribution >= 4 is 50.2 Å². The van der Waals surface area contributed by atoms with E-state index in [1.165, 1.54) is 19.1 Å². The Morgan fingerprint density at radius 2 is 2.08 bits per heavy atom. The Hall–Kier alpha value is -2.58. The molecule has 0 radical (unpaired) electrons. The van der Waals surface area contributed by atoms with Crippen LogP contribution in [0.3, 0.4) is 0 Å². The molecule has 0 saturated carbocycles. The van der Waals surface area contributed by atoms with Crippen molar-refractivity contribution < 1.29 is 18.7 Å². The number of aromatic amines is 1. The number of carbonyl (C=O) groups is 1. The highest BCUT2D eigenvalue weighted by atomic mass is 35.5. The topological polar surface area (TPSA) is 83.0 Å². The summed E-state index contributed by atoms with van der Waals surface area (Å²) in [4.78, 5) is 30.3. The van der Waals surface area contributed by atoms with Crippen LogP contribution < -0.4 is 5.56 Å². The Bertz CT molecular complexity index is 1100. The van der Waals surface area contributed by atoms with E-state index in [9.17, 15) is 18.4 Å². The smallest absolute Gasteiger partial charge is 0.346 e. The Morgan fingerprint density at radius 3 is 2.72 bits per heavy atom. The number of thiophene rings is 1. The maximum atomic E-state index is 13.3. The van der Waals surface area contributed by atoms with Crippen LogP contribution in [0.1, 0.15) is 26.6 Å². The van der Waals surface area contributed by atoms with Gasteiger partial charge in [-0.1, -0.05) is 17.7 Å². The van der Waals surface area contributed by atoms with Crippen molar-refractivity contribution in [2.45, 2.75) is 6.92 Å². The quantitative estimate of drug-likeness (QED) is 0.717. The number of fused-ring (bicyclic) bond motifs is 1. The van der Waals surface area contributed by atoms with Gasteiger partial charge in [0.1, 0.15) is 9.71 Å². The third kappa shape index (κ3) is 3.18. The van der Waals surface area contributed by atoms with Crippen molar-refractivity contribution in [1.29, 1.82) is 0 Å². The number of hydrogen-bond acceptors (Lipinski definition) is 4. The van der Waals surface area contributed by atoms with Crippen LogP contribution in [0.25, 0.3) is 21.3 Å². The van der Waals surface area contributed by atoms with E-state index in [0.717, 1.165) is 23.5 Å². The van der Waals surface area contributed by atoms with Crippen LogP contribution in [0.5, 0.6) is 0 Å². The van der Waals surface area contributed by atoms with Crippen molar-refractivity contribution in [3.8, 4) is 0 Å². The number of nitrogens with zero attached hydrogens (tertiary/aromatic N) is 1. The number of benzene rings is 1. The molecule has 128 valence electrons. The number of aromatic carboxylic acids is 1. The second kappa shape index (κ2) is 6.38. The Labute approximate surface area is 148 Å². The molecule has 0 aliphatic carbocycles. The van der Waals surface area contributed by atoms with E-state index in [4.69, 9.17) is 16.7 Å². The lowest BCUT2D eigenvalue weighted by Gasteiger charge is -2.01. The summed E-state index contributed by atoms with van der Waals surface area (Å²) in [5.41, 5.74) is 0.0758. The molecule has 1 aromatic carbocycles. The molecule has 5 nitrogen and oxygen atoms in total. The lowest BCUT2D eigenvalue weighted by Crippen LogP contribution is -2.10. The van der Waals surface area contributed by atoms with Gasteiger partial charge in [0, 0.05) is 0 Å². The second-order valence-corrected chi connectivity index (χ2v) is 6.53. The van der Waals surface area contributed by atoms with Crippen molar-refractivity contribution in [1.82, 2.24) is 9.97 Å². The second-order valence-electron chi connectivity index (χ2n) is 5.12. The van der Waals surface area contributed by atoms with Crippen LogP contribution in [0.4, 0.5) is 8.78 Å². The van der Waals surface area contributed by atoms with Gasteiger partial charge in [0.15, 0.2) is 17.5 Å². The van der Waals surface area contributed by atoms with Gasteiger partial charge in [-0.3, -0.25) is 4.79 Å². The molecule has 3 rings (SSSR count).